The van der Waals surface area contributed by atoms with Gasteiger partial charge in [0.05, 0.1) is 0 Å². The van der Waals surface area contributed by atoms with Crippen LogP contribution in [0.4, 0.5) is 15.8 Å². The van der Waals surface area contributed by atoms with E-state index < -0.39 is 0 Å². The van der Waals surface area contributed by atoms with Crippen LogP contribution in [-0.4, -0.2) is 42.5 Å². The predicted octanol–water partition coefficient (Wildman–Crippen LogP) is 4.63. The van der Waals surface area contributed by atoms with Crippen molar-refractivity contribution in [3.05, 3.63) is 59.4 Å². The van der Waals surface area contributed by atoms with Crippen molar-refractivity contribution in [1.82, 2.24) is 4.90 Å². The highest BCUT2D eigenvalue weighted by Crippen LogP contribution is 2.38. The maximum absolute atomic E-state index is 13.0. The lowest BCUT2D eigenvalue weighted by Gasteiger charge is -2.40. The zero-order chi connectivity index (χ0) is 21.1. The number of carbonyl (C=O) groups excluding carboxylic acids is 1. The van der Waals surface area contributed by atoms with Crippen LogP contribution in [0.15, 0.2) is 42.5 Å². The standard InChI is InChI=1S/C25H32FN3O/c1-18-16-21-7-10-23(27-19(2)30)17-25(21)29(18)24-11-14-28(15-12-24)13-3-4-20-5-8-22(26)9-6-20/h5-10,17-18,24H,3-4,11-16H2,1-2H3,(H,27,30). The van der Waals surface area contributed by atoms with E-state index in [0.717, 1.165) is 44.6 Å². The van der Waals surface area contributed by atoms with Crippen molar-refractivity contribution in [2.45, 2.75) is 58.0 Å². The number of fused-ring (bicyclic) bond motifs is 1. The fourth-order valence-corrected chi connectivity index (χ4v) is 5.05. The fraction of sp³-hybridized carbons (Fsp3) is 0.480. The Morgan fingerprint density at radius 1 is 1.13 bits per heavy atom. The molecule has 4 nitrogen and oxygen atoms in total. The molecule has 0 spiro atoms. The summed E-state index contributed by atoms with van der Waals surface area (Å²) >= 11 is 0. The first-order valence-electron chi connectivity index (χ1n) is 11.2. The van der Waals surface area contributed by atoms with Crippen LogP contribution in [0, 0.1) is 5.82 Å². The quantitative estimate of drug-likeness (QED) is 0.755. The first-order chi connectivity index (χ1) is 14.5. The van der Waals surface area contributed by atoms with Crippen molar-refractivity contribution in [1.29, 1.82) is 0 Å². The molecule has 1 fully saturated rings. The Morgan fingerprint density at radius 3 is 2.57 bits per heavy atom. The molecule has 1 unspecified atom stereocenters. The number of amides is 1. The number of aryl methyl sites for hydroxylation is 1. The highest BCUT2D eigenvalue weighted by atomic mass is 19.1. The Kier molecular flexibility index (Phi) is 6.38. The summed E-state index contributed by atoms with van der Waals surface area (Å²) in [6.07, 6.45) is 5.53. The van der Waals surface area contributed by atoms with E-state index in [1.54, 1.807) is 19.1 Å². The lowest BCUT2D eigenvalue weighted by molar-refractivity contribution is -0.114. The molecule has 1 saturated heterocycles. The van der Waals surface area contributed by atoms with Gasteiger partial charge in [-0.15, -0.1) is 0 Å². The highest BCUT2D eigenvalue weighted by molar-refractivity contribution is 5.89. The molecule has 30 heavy (non-hydrogen) atoms. The molecule has 2 aliphatic rings. The Bertz CT molecular complexity index is 874. The summed E-state index contributed by atoms with van der Waals surface area (Å²) in [5.74, 6) is -0.191. The minimum atomic E-state index is -0.164. The van der Waals surface area contributed by atoms with E-state index in [1.165, 1.54) is 29.7 Å². The van der Waals surface area contributed by atoms with Crippen LogP contribution in [0.3, 0.4) is 0 Å². The van der Waals surface area contributed by atoms with Gasteiger partial charge in [-0.3, -0.25) is 4.79 Å². The number of halogens is 1. The molecular weight excluding hydrogens is 377 g/mol. The molecule has 0 saturated carbocycles. The molecule has 0 radical (unpaired) electrons. The van der Waals surface area contributed by atoms with Gasteiger partial charge in [-0.1, -0.05) is 18.2 Å². The summed E-state index contributed by atoms with van der Waals surface area (Å²) in [6.45, 7) is 7.21. The van der Waals surface area contributed by atoms with E-state index in [-0.39, 0.29) is 11.7 Å². The van der Waals surface area contributed by atoms with Crippen LogP contribution in [0.1, 0.15) is 44.2 Å². The number of nitrogens with zero attached hydrogens (tertiary/aromatic N) is 2. The number of benzene rings is 2. The van der Waals surface area contributed by atoms with Crippen LogP contribution in [0.5, 0.6) is 0 Å². The Labute approximate surface area is 179 Å². The molecule has 4 rings (SSSR count). The number of hydrogen-bond acceptors (Lipinski definition) is 3. The van der Waals surface area contributed by atoms with Crippen molar-refractivity contribution in [2.24, 2.45) is 0 Å². The average molecular weight is 410 g/mol. The van der Waals surface area contributed by atoms with E-state index in [2.05, 4.69) is 34.2 Å². The largest absolute Gasteiger partial charge is 0.365 e. The van der Waals surface area contributed by atoms with Crippen molar-refractivity contribution in [2.75, 3.05) is 29.9 Å². The summed E-state index contributed by atoms with van der Waals surface area (Å²) in [7, 11) is 0. The second-order valence-electron chi connectivity index (χ2n) is 8.79. The van der Waals surface area contributed by atoms with E-state index in [9.17, 15) is 9.18 Å². The molecule has 0 aliphatic carbocycles. The second-order valence-corrected chi connectivity index (χ2v) is 8.79. The molecule has 5 heteroatoms. The molecule has 0 bridgehead atoms. The van der Waals surface area contributed by atoms with E-state index in [4.69, 9.17) is 0 Å². The number of hydrogen-bond donors (Lipinski definition) is 1. The molecule has 2 aliphatic heterocycles. The van der Waals surface area contributed by atoms with Gasteiger partial charge in [0, 0.05) is 43.5 Å². The molecule has 1 amide bonds. The van der Waals surface area contributed by atoms with Gasteiger partial charge in [0.1, 0.15) is 5.82 Å². The third-order valence-corrected chi connectivity index (χ3v) is 6.48. The van der Waals surface area contributed by atoms with Crippen LogP contribution >= 0.6 is 0 Å². The first kappa shape index (κ1) is 20.9. The van der Waals surface area contributed by atoms with Crippen LogP contribution in [0.2, 0.25) is 0 Å². The number of piperidine rings is 1. The van der Waals surface area contributed by atoms with Gasteiger partial charge in [0.2, 0.25) is 5.91 Å². The lowest BCUT2D eigenvalue weighted by Crippen LogP contribution is -2.47. The maximum atomic E-state index is 13.0. The lowest BCUT2D eigenvalue weighted by atomic mass is 10.0. The first-order valence-corrected chi connectivity index (χ1v) is 11.2. The SMILES string of the molecule is CC(=O)Nc1ccc2c(c1)N(C1CCN(CCCc3ccc(F)cc3)CC1)C(C)C2. The molecule has 1 atom stereocenters. The zero-order valence-corrected chi connectivity index (χ0v) is 18.0. The molecule has 0 aromatic heterocycles. The van der Waals surface area contributed by atoms with Gasteiger partial charge in [-0.05, 0) is 81.0 Å². The molecule has 2 aromatic rings. The summed E-state index contributed by atoms with van der Waals surface area (Å²) in [5.41, 5.74) is 4.78. The topological polar surface area (TPSA) is 35.6 Å². The van der Waals surface area contributed by atoms with Crippen molar-refractivity contribution in [3.63, 3.8) is 0 Å². The van der Waals surface area contributed by atoms with Gasteiger partial charge in [0.15, 0.2) is 0 Å². The molecule has 2 aromatic carbocycles. The normalized spacial score (nSPS) is 19.7. The van der Waals surface area contributed by atoms with E-state index in [1.807, 2.05) is 18.2 Å². The number of carbonyl (C=O) groups is 1. The highest BCUT2D eigenvalue weighted by Gasteiger charge is 2.33. The minimum Gasteiger partial charge on any atom is -0.365 e. The van der Waals surface area contributed by atoms with Gasteiger partial charge in [-0.2, -0.15) is 0 Å². The molecule has 1 N–H and O–H groups in total. The summed E-state index contributed by atoms with van der Waals surface area (Å²) < 4.78 is 13.0. The predicted molar refractivity (Wildman–Crippen MR) is 121 cm³/mol. The van der Waals surface area contributed by atoms with Crippen molar-refractivity contribution in [3.8, 4) is 0 Å². The van der Waals surface area contributed by atoms with Gasteiger partial charge >= 0.3 is 0 Å². The van der Waals surface area contributed by atoms with Crippen LogP contribution < -0.4 is 10.2 Å². The number of anilines is 2. The van der Waals surface area contributed by atoms with Gasteiger partial charge in [0.25, 0.3) is 0 Å². The summed E-state index contributed by atoms with van der Waals surface area (Å²) in [5, 5.41) is 2.92. The minimum absolute atomic E-state index is 0.0264. The molecule has 2 heterocycles. The summed E-state index contributed by atoms with van der Waals surface area (Å²) in [4.78, 5) is 16.6. The maximum Gasteiger partial charge on any atom is 0.221 e. The number of likely N-dealkylation sites (tertiary alicyclic amines) is 1. The third kappa shape index (κ3) is 4.84. The second kappa shape index (κ2) is 9.17. The Hall–Kier alpha value is -2.40. The molecular formula is C25H32FN3O. The van der Waals surface area contributed by atoms with E-state index in [0.29, 0.717) is 12.1 Å². The summed E-state index contributed by atoms with van der Waals surface area (Å²) in [6, 6.07) is 14.3. The van der Waals surface area contributed by atoms with Crippen LogP contribution in [0.25, 0.3) is 0 Å². The van der Waals surface area contributed by atoms with Gasteiger partial charge < -0.3 is 15.1 Å². The van der Waals surface area contributed by atoms with Crippen LogP contribution in [-0.2, 0) is 17.6 Å². The number of rotatable bonds is 6. The zero-order valence-electron chi connectivity index (χ0n) is 18.0. The third-order valence-electron chi connectivity index (χ3n) is 6.48. The monoisotopic (exact) mass is 409 g/mol. The Morgan fingerprint density at radius 2 is 1.87 bits per heavy atom. The van der Waals surface area contributed by atoms with E-state index >= 15 is 0 Å². The number of nitrogens with one attached hydrogen (secondary N) is 1. The molecule has 160 valence electrons. The van der Waals surface area contributed by atoms with Crippen molar-refractivity contribution < 1.29 is 9.18 Å². The fourth-order valence-electron chi connectivity index (χ4n) is 5.05. The van der Waals surface area contributed by atoms with Gasteiger partial charge in [-0.25, -0.2) is 4.39 Å². The average Bonchev–Trinajstić information content (AvgIpc) is 3.05. The Balaban J connectivity index is 1.31. The smallest absolute Gasteiger partial charge is 0.221 e. The van der Waals surface area contributed by atoms with Crippen molar-refractivity contribution >= 4 is 17.3 Å².